The maximum absolute atomic E-state index is 10.9. The van der Waals surface area contributed by atoms with Gasteiger partial charge in [-0.15, -0.1) is 0 Å². The molecule has 0 amide bonds. The molecule has 0 aromatic heterocycles. The summed E-state index contributed by atoms with van der Waals surface area (Å²) in [5, 5.41) is 8.95. The van der Waals surface area contributed by atoms with Crippen LogP contribution in [0.3, 0.4) is 0 Å². The third-order valence-electron chi connectivity index (χ3n) is 3.31. The van der Waals surface area contributed by atoms with Gasteiger partial charge in [-0.2, -0.15) is 5.48 Å². The molecule has 1 unspecified atom stereocenters. The molecule has 2 rings (SSSR count). The lowest BCUT2D eigenvalue weighted by Crippen LogP contribution is -2.14. The Hall–Kier alpha value is -2.17. The number of hydrogen-bond donors (Lipinski definition) is 2. The molecule has 4 heteroatoms. The van der Waals surface area contributed by atoms with Crippen LogP contribution in [0, 0.1) is 0 Å². The number of hydrogen-bond acceptors (Lipinski definition) is 3. The van der Waals surface area contributed by atoms with Crippen molar-refractivity contribution < 1.29 is 14.7 Å². The van der Waals surface area contributed by atoms with Gasteiger partial charge in [-0.25, -0.2) is 0 Å². The first-order chi connectivity index (χ1) is 10.2. The second-order valence-corrected chi connectivity index (χ2v) is 4.90. The highest BCUT2D eigenvalue weighted by atomic mass is 16.6. The Balaban J connectivity index is 1.77. The number of benzene rings is 2. The minimum Gasteiger partial charge on any atom is -0.481 e. The summed E-state index contributed by atoms with van der Waals surface area (Å²) in [6.07, 6.45) is 0. The van der Waals surface area contributed by atoms with E-state index in [0.717, 1.165) is 16.7 Å². The van der Waals surface area contributed by atoms with Crippen LogP contribution in [-0.2, 0) is 22.8 Å². The van der Waals surface area contributed by atoms with Crippen molar-refractivity contribution in [3.63, 3.8) is 0 Å². The summed E-state index contributed by atoms with van der Waals surface area (Å²) in [5.74, 6) is -1.30. The minimum absolute atomic E-state index is 0.485. The number of rotatable bonds is 7. The molecular formula is C17H19NO3. The average Bonchev–Trinajstić information content (AvgIpc) is 2.52. The smallest absolute Gasteiger partial charge is 0.310 e. The molecule has 0 radical (unpaired) electrons. The van der Waals surface area contributed by atoms with E-state index in [9.17, 15) is 4.79 Å². The number of carboxylic acids is 1. The molecule has 0 bridgehead atoms. The van der Waals surface area contributed by atoms with Gasteiger partial charge >= 0.3 is 5.97 Å². The first kappa shape index (κ1) is 15.2. The molecule has 21 heavy (non-hydrogen) atoms. The maximum Gasteiger partial charge on any atom is 0.310 e. The van der Waals surface area contributed by atoms with E-state index in [4.69, 9.17) is 9.94 Å². The lowest BCUT2D eigenvalue weighted by atomic mass is 10.0. The number of nitrogens with one attached hydrogen (secondary N) is 1. The number of hydroxylamine groups is 1. The van der Waals surface area contributed by atoms with Crippen LogP contribution in [0.25, 0.3) is 0 Å². The van der Waals surface area contributed by atoms with E-state index in [2.05, 4.69) is 5.48 Å². The van der Waals surface area contributed by atoms with E-state index in [-0.39, 0.29) is 0 Å². The van der Waals surface area contributed by atoms with Crippen molar-refractivity contribution in [2.75, 3.05) is 0 Å². The van der Waals surface area contributed by atoms with Gasteiger partial charge in [-0.05, 0) is 23.6 Å². The van der Waals surface area contributed by atoms with E-state index in [1.54, 1.807) is 6.92 Å². The van der Waals surface area contributed by atoms with Crippen molar-refractivity contribution in [3.8, 4) is 0 Å². The molecule has 0 fully saturated rings. The summed E-state index contributed by atoms with van der Waals surface area (Å²) in [6.45, 7) is 2.77. The second kappa shape index (κ2) is 7.57. The monoisotopic (exact) mass is 285 g/mol. The molecule has 4 nitrogen and oxygen atoms in total. The highest BCUT2D eigenvalue weighted by molar-refractivity contribution is 5.75. The fourth-order valence-electron chi connectivity index (χ4n) is 1.91. The molecule has 2 aromatic rings. The van der Waals surface area contributed by atoms with Gasteiger partial charge in [-0.3, -0.25) is 9.63 Å². The second-order valence-electron chi connectivity index (χ2n) is 4.90. The first-order valence-corrected chi connectivity index (χ1v) is 6.87. The topological polar surface area (TPSA) is 58.6 Å². The molecule has 110 valence electrons. The van der Waals surface area contributed by atoms with Crippen molar-refractivity contribution in [3.05, 3.63) is 71.3 Å². The van der Waals surface area contributed by atoms with Gasteiger partial charge in [-0.1, -0.05) is 54.6 Å². The average molecular weight is 285 g/mol. The fraction of sp³-hybridized carbons (Fsp3) is 0.235. The first-order valence-electron chi connectivity index (χ1n) is 6.87. The molecule has 0 spiro atoms. The Morgan fingerprint density at radius 2 is 1.76 bits per heavy atom. The lowest BCUT2D eigenvalue weighted by Gasteiger charge is -2.09. The van der Waals surface area contributed by atoms with Crippen LogP contribution in [0.2, 0.25) is 0 Å². The zero-order valence-corrected chi connectivity index (χ0v) is 12.0. The van der Waals surface area contributed by atoms with Crippen molar-refractivity contribution in [2.45, 2.75) is 26.0 Å². The van der Waals surface area contributed by atoms with Gasteiger partial charge in [0.05, 0.1) is 12.5 Å². The summed E-state index contributed by atoms with van der Waals surface area (Å²) >= 11 is 0. The van der Waals surface area contributed by atoms with Gasteiger partial charge < -0.3 is 5.11 Å². The van der Waals surface area contributed by atoms with Crippen LogP contribution >= 0.6 is 0 Å². The summed E-state index contributed by atoms with van der Waals surface area (Å²) in [7, 11) is 0. The van der Waals surface area contributed by atoms with Crippen LogP contribution in [0.4, 0.5) is 0 Å². The third kappa shape index (κ3) is 4.70. The molecule has 2 aromatic carbocycles. The van der Waals surface area contributed by atoms with E-state index in [1.165, 1.54) is 0 Å². The molecule has 0 saturated carbocycles. The molecule has 2 N–H and O–H groups in total. The Kier molecular flexibility index (Phi) is 5.49. The third-order valence-corrected chi connectivity index (χ3v) is 3.31. The summed E-state index contributed by atoms with van der Waals surface area (Å²) in [6, 6.07) is 17.4. The van der Waals surface area contributed by atoms with Gasteiger partial charge in [0.1, 0.15) is 0 Å². The van der Waals surface area contributed by atoms with Gasteiger partial charge in [0.25, 0.3) is 0 Å². The van der Waals surface area contributed by atoms with Crippen LogP contribution in [0.15, 0.2) is 54.6 Å². The Labute approximate surface area is 124 Å². The molecular weight excluding hydrogens is 266 g/mol. The largest absolute Gasteiger partial charge is 0.481 e. The van der Waals surface area contributed by atoms with E-state index < -0.39 is 11.9 Å². The predicted octanol–water partition coefficient (Wildman–Crippen LogP) is 3.10. The molecule has 1 atom stereocenters. The lowest BCUT2D eigenvalue weighted by molar-refractivity contribution is -0.138. The minimum atomic E-state index is -0.813. The summed E-state index contributed by atoms with van der Waals surface area (Å²) in [4.78, 5) is 16.3. The Morgan fingerprint density at radius 1 is 1.10 bits per heavy atom. The van der Waals surface area contributed by atoms with Crippen molar-refractivity contribution in [1.82, 2.24) is 5.48 Å². The van der Waals surface area contributed by atoms with Crippen LogP contribution in [-0.4, -0.2) is 11.1 Å². The molecule has 0 saturated heterocycles. The SMILES string of the molecule is CC(C(=O)O)c1ccc(CNOCc2ccccc2)cc1. The van der Waals surface area contributed by atoms with Crippen LogP contribution in [0.5, 0.6) is 0 Å². The predicted molar refractivity (Wildman–Crippen MR) is 80.6 cm³/mol. The molecule has 0 aliphatic heterocycles. The zero-order valence-electron chi connectivity index (χ0n) is 12.0. The van der Waals surface area contributed by atoms with Gasteiger partial charge in [0.2, 0.25) is 0 Å². The normalized spacial score (nSPS) is 12.0. The standard InChI is InChI=1S/C17H19NO3/c1-13(17(19)20)16-9-7-14(8-10-16)11-18-21-12-15-5-3-2-4-6-15/h2-10,13,18H,11-12H2,1H3,(H,19,20). The van der Waals surface area contributed by atoms with E-state index in [0.29, 0.717) is 13.2 Å². The van der Waals surface area contributed by atoms with Crippen molar-refractivity contribution in [1.29, 1.82) is 0 Å². The Bertz CT molecular complexity index is 566. The molecule has 0 heterocycles. The number of aliphatic carboxylic acids is 1. The van der Waals surface area contributed by atoms with Crippen LogP contribution in [0.1, 0.15) is 29.5 Å². The molecule has 0 aliphatic rings. The Morgan fingerprint density at radius 3 is 2.38 bits per heavy atom. The van der Waals surface area contributed by atoms with E-state index >= 15 is 0 Å². The maximum atomic E-state index is 10.9. The quantitative estimate of drug-likeness (QED) is 0.606. The van der Waals surface area contributed by atoms with Crippen LogP contribution < -0.4 is 5.48 Å². The summed E-state index contributed by atoms with van der Waals surface area (Å²) < 4.78 is 0. The van der Waals surface area contributed by atoms with Crippen molar-refractivity contribution >= 4 is 5.97 Å². The van der Waals surface area contributed by atoms with Gasteiger partial charge in [0.15, 0.2) is 0 Å². The summed E-state index contributed by atoms with van der Waals surface area (Å²) in [5.41, 5.74) is 5.86. The van der Waals surface area contributed by atoms with Gasteiger partial charge in [0, 0.05) is 6.54 Å². The fourth-order valence-corrected chi connectivity index (χ4v) is 1.91. The zero-order chi connectivity index (χ0) is 15.1. The van der Waals surface area contributed by atoms with E-state index in [1.807, 2.05) is 54.6 Å². The highest BCUT2D eigenvalue weighted by Gasteiger charge is 2.12. The van der Waals surface area contributed by atoms with Crippen molar-refractivity contribution in [2.24, 2.45) is 0 Å². The number of carboxylic acid groups (broad SMARTS) is 1. The number of carbonyl (C=O) groups is 1. The molecule has 0 aliphatic carbocycles. The highest BCUT2D eigenvalue weighted by Crippen LogP contribution is 2.16.